The molecule has 0 saturated heterocycles. The lowest BCUT2D eigenvalue weighted by molar-refractivity contribution is 0.0696. The Morgan fingerprint density at radius 2 is 1.60 bits per heavy atom. The maximum absolute atomic E-state index is 14.2. The van der Waals surface area contributed by atoms with E-state index in [1.54, 1.807) is 30.3 Å². The van der Waals surface area contributed by atoms with Gasteiger partial charge in [0.2, 0.25) is 0 Å². The van der Waals surface area contributed by atoms with Gasteiger partial charge in [-0.15, -0.1) is 0 Å². The van der Waals surface area contributed by atoms with Crippen LogP contribution in [0.2, 0.25) is 0 Å². The van der Waals surface area contributed by atoms with Crippen molar-refractivity contribution < 1.29 is 14.7 Å². The number of rotatable bonds is 7. The number of benzene rings is 5. The third-order valence-corrected chi connectivity index (χ3v) is 8.38. The number of fused-ring (bicyclic) bond motifs is 2. The molecule has 1 aliphatic rings. The molecule has 43 heavy (non-hydrogen) atoms. The second-order valence-electron chi connectivity index (χ2n) is 11.2. The van der Waals surface area contributed by atoms with Gasteiger partial charge in [0.05, 0.1) is 33.8 Å². The molecule has 0 bridgehead atoms. The minimum Gasteiger partial charge on any atom is -0.478 e. The van der Waals surface area contributed by atoms with E-state index in [2.05, 4.69) is 52.4 Å². The first-order valence-electron chi connectivity index (χ1n) is 14.2. The van der Waals surface area contributed by atoms with E-state index in [9.17, 15) is 20.0 Å². The number of nitrogens with zero attached hydrogens (tertiary/aromatic N) is 2. The summed E-state index contributed by atoms with van der Waals surface area (Å²) < 4.78 is 2.12. The number of carbonyl (C=O) groups is 2. The number of aromatic carboxylic acids is 1. The molecule has 6 aromatic rings. The van der Waals surface area contributed by atoms with Crippen molar-refractivity contribution in [1.82, 2.24) is 9.88 Å². The van der Waals surface area contributed by atoms with E-state index < -0.39 is 11.5 Å². The van der Waals surface area contributed by atoms with Crippen molar-refractivity contribution in [3.8, 4) is 17.2 Å². The zero-order valence-corrected chi connectivity index (χ0v) is 23.2. The highest BCUT2D eigenvalue weighted by atomic mass is 16.4. The van der Waals surface area contributed by atoms with Gasteiger partial charge in [-0.3, -0.25) is 4.79 Å². The largest absolute Gasteiger partial charge is 0.478 e. The fourth-order valence-electron chi connectivity index (χ4n) is 5.95. The molecule has 6 nitrogen and oxygen atoms in total. The second kappa shape index (κ2) is 10.3. The summed E-state index contributed by atoms with van der Waals surface area (Å²) in [5.74, 6) is -1.17. The first-order valence-corrected chi connectivity index (χ1v) is 14.2. The summed E-state index contributed by atoms with van der Waals surface area (Å²) in [6.07, 6.45) is 3.57. The molecule has 1 amide bonds. The molecule has 1 saturated carbocycles. The Balaban J connectivity index is 1.30. The number of carboxylic acids is 1. The molecular weight excluding hydrogens is 534 g/mol. The quantitative estimate of drug-likeness (QED) is 0.211. The van der Waals surface area contributed by atoms with Gasteiger partial charge < -0.3 is 15.0 Å². The highest BCUT2D eigenvalue weighted by molar-refractivity contribution is 6.08. The van der Waals surface area contributed by atoms with Crippen LogP contribution in [-0.4, -0.2) is 21.6 Å². The molecule has 2 N–H and O–H groups in total. The highest BCUT2D eigenvalue weighted by Crippen LogP contribution is 2.46. The number of amides is 1. The average Bonchev–Trinajstić information content (AvgIpc) is 3.72. The van der Waals surface area contributed by atoms with E-state index >= 15 is 0 Å². The third kappa shape index (κ3) is 4.92. The first kappa shape index (κ1) is 26.2. The molecule has 0 spiro atoms. The number of nitrogens with one attached hydrogen (secondary N) is 1. The molecule has 1 aliphatic carbocycles. The Hall–Kier alpha value is -5.67. The van der Waals surface area contributed by atoms with Crippen LogP contribution in [-0.2, 0) is 12.1 Å². The molecule has 0 unspecified atom stereocenters. The minimum absolute atomic E-state index is 0.193. The van der Waals surface area contributed by atoms with Gasteiger partial charge in [-0.2, -0.15) is 5.26 Å². The summed E-state index contributed by atoms with van der Waals surface area (Å²) >= 11 is 0. The lowest BCUT2D eigenvalue weighted by Crippen LogP contribution is -2.35. The summed E-state index contributed by atoms with van der Waals surface area (Å²) in [7, 11) is 0. The van der Waals surface area contributed by atoms with Crippen LogP contribution in [0.1, 0.15) is 50.2 Å². The van der Waals surface area contributed by atoms with Gasteiger partial charge in [0, 0.05) is 18.1 Å². The lowest BCUT2D eigenvalue weighted by Gasteiger charge is -2.20. The summed E-state index contributed by atoms with van der Waals surface area (Å²) in [5, 5.41) is 25.4. The van der Waals surface area contributed by atoms with Gasteiger partial charge in [0.25, 0.3) is 5.91 Å². The number of nitriles is 1. The molecule has 0 radical (unpaired) electrons. The molecule has 1 heterocycles. The maximum Gasteiger partial charge on any atom is 0.335 e. The van der Waals surface area contributed by atoms with Crippen molar-refractivity contribution in [3.63, 3.8) is 0 Å². The molecule has 1 fully saturated rings. The van der Waals surface area contributed by atoms with E-state index in [4.69, 9.17) is 0 Å². The minimum atomic E-state index is -0.979. The predicted molar refractivity (Wildman–Crippen MR) is 167 cm³/mol. The second-order valence-corrected chi connectivity index (χ2v) is 11.2. The van der Waals surface area contributed by atoms with Crippen molar-refractivity contribution in [2.45, 2.75) is 24.9 Å². The standard InChI is InChI=1S/C37H27N3O3/c38-22-24-4-3-7-29(18-24)31-20-30-14-17-40(23-25-8-9-26-5-1-2-6-28(26)19-25)34(30)33(21-31)35(41)39-37(15-16-37)32-12-10-27(11-13-32)36(42)43/h1-14,17-21H,15-16,23H2,(H,39,41)(H,42,43). The van der Waals surface area contributed by atoms with Crippen LogP contribution in [0.4, 0.5) is 0 Å². The SMILES string of the molecule is N#Cc1cccc(-c2cc(C(=O)NC3(c4ccc(C(=O)O)cc4)CC3)c3c(ccn3Cc3ccc4ccccc4c3)c2)c1. The van der Waals surface area contributed by atoms with Crippen LogP contribution < -0.4 is 5.32 Å². The van der Waals surface area contributed by atoms with Gasteiger partial charge in [0.15, 0.2) is 0 Å². The van der Waals surface area contributed by atoms with Gasteiger partial charge in [-0.1, -0.05) is 60.7 Å². The number of aromatic nitrogens is 1. The van der Waals surface area contributed by atoms with Crippen molar-refractivity contribution >= 4 is 33.6 Å². The van der Waals surface area contributed by atoms with Gasteiger partial charge in [-0.25, -0.2) is 4.79 Å². The summed E-state index contributed by atoms with van der Waals surface area (Å²) in [5.41, 5.74) is 5.36. The fraction of sp³-hybridized carbons (Fsp3) is 0.108. The van der Waals surface area contributed by atoms with Crippen LogP contribution in [0.25, 0.3) is 32.8 Å². The summed E-state index contributed by atoms with van der Waals surface area (Å²) in [4.78, 5) is 25.5. The Labute approximate surface area is 248 Å². The Kier molecular flexibility index (Phi) is 6.29. The van der Waals surface area contributed by atoms with E-state index in [0.717, 1.165) is 46.0 Å². The van der Waals surface area contributed by atoms with E-state index in [1.807, 2.05) is 48.7 Å². The number of hydrogen-bond donors (Lipinski definition) is 2. The smallest absolute Gasteiger partial charge is 0.335 e. The maximum atomic E-state index is 14.2. The van der Waals surface area contributed by atoms with E-state index in [0.29, 0.717) is 17.7 Å². The van der Waals surface area contributed by atoms with Gasteiger partial charge in [-0.05, 0) is 94.4 Å². The first-order chi connectivity index (χ1) is 20.9. The summed E-state index contributed by atoms with van der Waals surface area (Å²) in [6.45, 7) is 0.597. The van der Waals surface area contributed by atoms with Crippen molar-refractivity contribution in [2.24, 2.45) is 0 Å². The predicted octanol–water partition coefficient (Wildman–Crippen LogP) is 7.50. The van der Waals surface area contributed by atoms with Crippen LogP contribution in [0.3, 0.4) is 0 Å². The van der Waals surface area contributed by atoms with Crippen molar-refractivity contribution in [2.75, 3.05) is 0 Å². The molecule has 0 aliphatic heterocycles. The molecule has 5 aromatic carbocycles. The monoisotopic (exact) mass is 561 g/mol. The molecule has 208 valence electrons. The van der Waals surface area contributed by atoms with Gasteiger partial charge >= 0.3 is 5.97 Å². The van der Waals surface area contributed by atoms with E-state index in [-0.39, 0.29) is 11.5 Å². The number of carbonyl (C=O) groups excluding carboxylic acids is 1. The van der Waals surface area contributed by atoms with Crippen LogP contribution in [0.5, 0.6) is 0 Å². The van der Waals surface area contributed by atoms with Crippen molar-refractivity contribution in [3.05, 3.63) is 143 Å². The topological polar surface area (TPSA) is 95.1 Å². The molecule has 7 rings (SSSR count). The Bertz CT molecular complexity index is 2100. The number of hydrogen-bond acceptors (Lipinski definition) is 3. The van der Waals surface area contributed by atoms with Gasteiger partial charge in [0.1, 0.15) is 0 Å². The zero-order chi connectivity index (χ0) is 29.6. The normalized spacial score (nSPS) is 13.5. The fourth-order valence-corrected chi connectivity index (χ4v) is 5.95. The molecule has 1 aromatic heterocycles. The Morgan fingerprint density at radius 3 is 2.35 bits per heavy atom. The van der Waals surface area contributed by atoms with Crippen molar-refractivity contribution in [1.29, 1.82) is 5.26 Å². The Morgan fingerprint density at radius 1 is 0.814 bits per heavy atom. The van der Waals surface area contributed by atoms with E-state index in [1.165, 1.54) is 10.8 Å². The van der Waals surface area contributed by atoms with Crippen LogP contribution >= 0.6 is 0 Å². The highest BCUT2D eigenvalue weighted by Gasteiger charge is 2.46. The molecule has 6 heteroatoms. The lowest BCUT2D eigenvalue weighted by atomic mass is 9.97. The molecular formula is C37H27N3O3. The average molecular weight is 562 g/mol. The zero-order valence-electron chi connectivity index (χ0n) is 23.2. The summed E-state index contributed by atoms with van der Waals surface area (Å²) in [6, 6.07) is 37.0. The number of carboxylic acid groups (broad SMARTS) is 1. The third-order valence-electron chi connectivity index (χ3n) is 8.38. The van der Waals surface area contributed by atoms with Crippen LogP contribution in [0, 0.1) is 11.3 Å². The molecule has 0 atom stereocenters. The van der Waals surface area contributed by atoms with Crippen LogP contribution in [0.15, 0.2) is 115 Å².